The molecule has 0 bridgehead atoms. The summed E-state index contributed by atoms with van der Waals surface area (Å²) in [6.45, 7) is 9.11. The first kappa shape index (κ1) is 13.7. The topological polar surface area (TPSA) is 44.4 Å². The standard InChI is InChI=1S/C15H23N3O/c1-15(2,3)7-8-16-12-5-4-6-13(11-12)18-10-9-17-14(18)19/h4-6,11,16H,7-10H2,1-3H3,(H,17,19). The number of nitrogens with zero attached hydrogens (tertiary/aromatic N) is 1. The molecule has 1 aliphatic rings. The van der Waals surface area contributed by atoms with Crippen molar-refractivity contribution in [1.82, 2.24) is 5.32 Å². The average Bonchev–Trinajstić information content (AvgIpc) is 2.74. The SMILES string of the molecule is CC(C)(C)CCNc1cccc(N2CCNC2=O)c1. The zero-order chi connectivity index (χ0) is 13.9. The maximum Gasteiger partial charge on any atom is 0.321 e. The van der Waals surface area contributed by atoms with E-state index in [1.54, 1.807) is 4.90 Å². The third kappa shape index (κ3) is 3.88. The number of carbonyl (C=O) groups is 1. The van der Waals surface area contributed by atoms with Gasteiger partial charge in [-0.2, -0.15) is 0 Å². The van der Waals surface area contributed by atoms with Crippen LogP contribution in [0.25, 0.3) is 0 Å². The summed E-state index contributed by atoms with van der Waals surface area (Å²) < 4.78 is 0. The van der Waals surface area contributed by atoms with Crippen LogP contribution in [0.15, 0.2) is 24.3 Å². The van der Waals surface area contributed by atoms with Crippen LogP contribution < -0.4 is 15.5 Å². The summed E-state index contributed by atoms with van der Waals surface area (Å²) in [5, 5.41) is 6.24. The molecule has 1 aromatic rings. The van der Waals surface area contributed by atoms with Gasteiger partial charge < -0.3 is 10.6 Å². The smallest absolute Gasteiger partial charge is 0.321 e. The third-order valence-electron chi connectivity index (χ3n) is 3.22. The van der Waals surface area contributed by atoms with Crippen LogP contribution in [0.1, 0.15) is 27.2 Å². The van der Waals surface area contributed by atoms with E-state index in [2.05, 4.69) is 31.4 Å². The molecule has 19 heavy (non-hydrogen) atoms. The Kier molecular flexibility index (Phi) is 3.98. The molecule has 2 rings (SSSR count). The molecule has 1 heterocycles. The molecule has 1 aromatic carbocycles. The van der Waals surface area contributed by atoms with E-state index in [4.69, 9.17) is 0 Å². The number of amides is 2. The van der Waals surface area contributed by atoms with E-state index < -0.39 is 0 Å². The van der Waals surface area contributed by atoms with Crippen molar-refractivity contribution in [3.8, 4) is 0 Å². The summed E-state index contributed by atoms with van der Waals surface area (Å²) in [7, 11) is 0. The van der Waals surface area contributed by atoms with Crippen molar-refractivity contribution in [2.45, 2.75) is 27.2 Å². The first-order valence-corrected chi connectivity index (χ1v) is 6.85. The molecule has 1 aliphatic heterocycles. The minimum Gasteiger partial charge on any atom is -0.385 e. The summed E-state index contributed by atoms with van der Waals surface area (Å²) >= 11 is 0. The fourth-order valence-electron chi connectivity index (χ4n) is 2.08. The molecular formula is C15H23N3O. The minimum absolute atomic E-state index is 0.00755. The van der Waals surface area contributed by atoms with Crippen molar-refractivity contribution < 1.29 is 4.79 Å². The molecule has 0 aromatic heterocycles. The zero-order valence-corrected chi connectivity index (χ0v) is 12.0. The van der Waals surface area contributed by atoms with Crippen molar-refractivity contribution in [3.63, 3.8) is 0 Å². The molecule has 4 heteroatoms. The van der Waals surface area contributed by atoms with Gasteiger partial charge in [-0.25, -0.2) is 4.79 Å². The maximum absolute atomic E-state index is 11.6. The first-order valence-electron chi connectivity index (χ1n) is 6.85. The van der Waals surface area contributed by atoms with Crippen LogP contribution in [0.2, 0.25) is 0 Å². The number of nitrogens with one attached hydrogen (secondary N) is 2. The predicted octanol–water partition coefficient (Wildman–Crippen LogP) is 3.06. The lowest BCUT2D eigenvalue weighted by Crippen LogP contribution is -2.27. The molecule has 1 fully saturated rings. The number of carbonyl (C=O) groups excluding carboxylic acids is 1. The van der Waals surface area contributed by atoms with Gasteiger partial charge in [-0.3, -0.25) is 4.90 Å². The quantitative estimate of drug-likeness (QED) is 0.875. The highest BCUT2D eigenvalue weighted by atomic mass is 16.2. The largest absolute Gasteiger partial charge is 0.385 e. The Hall–Kier alpha value is -1.71. The minimum atomic E-state index is -0.00755. The van der Waals surface area contributed by atoms with Crippen LogP contribution in [0, 0.1) is 5.41 Å². The Morgan fingerprint density at radius 3 is 2.79 bits per heavy atom. The van der Waals surface area contributed by atoms with Gasteiger partial charge in [0.1, 0.15) is 0 Å². The van der Waals surface area contributed by atoms with E-state index in [1.165, 1.54) is 0 Å². The highest BCUT2D eigenvalue weighted by Crippen LogP contribution is 2.22. The lowest BCUT2D eigenvalue weighted by molar-refractivity contribution is 0.252. The summed E-state index contributed by atoms with van der Waals surface area (Å²) in [6, 6.07) is 8.03. The van der Waals surface area contributed by atoms with Gasteiger partial charge in [0.15, 0.2) is 0 Å². The number of rotatable bonds is 4. The van der Waals surface area contributed by atoms with Crippen molar-refractivity contribution in [1.29, 1.82) is 0 Å². The Balaban J connectivity index is 1.97. The fraction of sp³-hybridized carbons (Fsp3) is 0.533. The van der Waals surface area contributed by atoms with Gasteiger partial charge >= 0.3 is 6.03 Å². The molecule has 0 aliphatic carbocycles. The van der Waals surface area contributed by atoms with Crippen molar-refractivity contribution in [2.24, 2.45) is 5.41 Å². The molecular weight excluding hydrogens is 238 g/mol. The van der Waals surface area contributed by atoms with Gasteiger partial charge in [-0.15, -0.1) is 0 Å². The monoisotopic (exact) mass is 261 g/mol. The Morgan fingerprint density at radius 1 is 1.37 bits per heavy atom. The lowest BCUT2D eigenvalue weighted by Gasteiger charge is -2.19. The van der Waals surface area contributed by atoms with Crippen molar-refractivity contribution in [2.75, 3.05) is 29.9 Å². The molecule has 0 saturated carbocycles. The Morgan fingerprint density at radius 2 is 2.16 bits per heavy atom. The van der Waals surface area contributed by atoms with Crippen molar-refractivity contribution >= 4 is 17.4 Å². The van der Waals surface area contributed by atoms with Crippen LogP contribution in [0.5, 0.6) is 0 Å². The van der Waals surface area contributed by atoms with Gasteiger partial charge in [0.2, 0.25) is 0 Å². The highest BCUT2D eigenvalue weighted by Gasteiger charge is 2.21. The summed E-state index contributed by atoms with van der Waals surface area (Å²) in [5.41, 5.74) is 2.36. The second-order valence-electron chi connectivity index (χ2n) is 6.17. The fourth-order valence-corrected chi connectivity index (χ4v) is 2.08. The van der Waals surface area contributed by atoms with Gasteiger partial charge in [-0.05, 0) is 30.0 Å². The highest BCUT2D eigenvalue weighted by molar-refractivity contribution is 5.94. The van der Waals surface area contributed by atoms with Crippen molar-refractivity contribution in [3.05, 3.63) is 24.3 Å². The molecule has 0 unspecified atom stereocenters. The van der Waals surface area contributed by atoms with Gasteiger partial charge in [-0.1, -0.05) is 26.8 Å². The predicted molar refractivity (Wildman–Crippen MR) is 79.7 cm³/mol. The molecule has 4 nitrogen and oxygen atoms in total. The van der Waals surface area contributed by atoms with Gasteiger partial charge in [0.05, 0.1) is 0 Å². The molecule has 0 spiro atoms. The number of benzene rings is 1. The normalized spacial score (nSPS) is 15.5. The molecule has 2 N–H and O–H groups in total. The van der Waals surface area contributed by atoms with Crippen LogP contribution >= 0.6 is 0 Å². The summed E-state index contributed by atoms with van der Waals surface area (Å²) in [6.07, 6.45) is 1.11. The second kappa shape index (κ2) is 5.51. The lowest BCUT2D eigenvalue weighted by atomic mass is 9.92. The molecule has 0 radical (unpaired) electrons. The molecule has 1 saturated heterocycles. The van der Waals surface area contributed by atoms with E-state index >= 15 is 0 Å². The third-order valence-corrected chi connectivity index (χ3v) is 3.22. The number of urea groups is 1. The zero-order valence-electron chi connectivity index (χ0n) is 12.0. The van der Waals surface area contributed by atoms with Crippen LogP contribution in [0.3, 0.4) is 0 Å². The summed E-state index contributed by atoms with van der Waals surface area (Å²) in [5.74, 6) is 0. The molecule has 104 valence electrons. The maximum atomic E-state index is 11.6. The van der Waals surface area contributed by atoms with Gasteiger partial charge in [0, 0.05) is 31.0 Å². The Bertz CT molecular complexity index is 451. The van der Waals surface area contributed by atoms with E-state index in [0.717, 1.165) is 37.4 Å². The molecule has 0 atom stereocenters. The number of anilines is 2. The number of hydrogen-bond donors (Lipinski definition) is 2. The van der Waals surface area contributed by atoms with E-state index in [9.17, 15) is 4.79 Å². The number of hydrogen-bond acceptors (Lipinski definition) is 2. The van der Waals surface area contributed by atoms with Crippen LogP contribution in [-0.4, -0.2) is 25.7 Å². The van der Waals surface area contributed by atoms with Crippen LogP contribution in [-0.2, 0) is 0 Å². The van der Waals surface area contributed by atoms with E-state index in [1.807, 2.05) is 24.3 Å². The van der Waals surface area contributed by atoms with Gasteiger partial charge in [0.25, 0.3) is 0 Å². The van der Waals surface area contributed by atoms with E-state index in [-0.39, 0.29) is 6.03 Å². The second-order valence-corrected chi connectivity index (χ2v) is 6.17. The van der Waals surface area contributed by atoms with E-state index in [0.29, 0.717) is 5.41 Å². The Labute approximate surface area is 115 Å². The molecule has 2 amide bonds. The van der Waals surface area contributed by atoms with Crippen LogP contribution in [0.4, 0.5) is 16.2 Å². The first-order chi connectivity index (χ1) is 8.96. The summed E-state index contributed by atoms with van der Waals surface area (Å²) in [4.78, 5) is 13.4. The average molecular weight is 261 g/mol.